The fraction of sp³-hybridized carbons (Fsp3) is 0.261. The van der Waals surface area contributed by atoms with E-state index in [4.69, 9.17) is 14.8 Å². The van der Waals surface area contributed by atoms with Gasteiger partial charge >= 0.3 is 0 Å². The Morgan fingerprint density at radius 3 is 2.75 bits per heavy atom. The van der Waals surface area contributed by atoms with Crippen LogP contribution >= 0.6 is 0 Å². The number of methoxy groups -OCH3 is 1. The molecule has 0 spiro atoms. The smallest absolute Gasteiger partial charge is 0.144 e. The maximum atomic E-state index is 9.14. The van der Waals surface area contributed by atoms with Gasteiger partial charge in [-0.05, 0) is 56.0 Å². The molecular weight excluding hydrogens is 350 g/mol. The number of para-hydroxylation sites is 1. The Morgan fingerprint density at radius 1 is 1.18 bits per heavy atom. The molecule has 1 aromatic carbocycles. The minimum Gasteiger partial charge on any atom is -0.494 e. The van der Waals surface area contributed by atoms with Gasteiger partial charge in [-0.25, -0.2) is 4.99 Å². The molecule has 0 bridgehead atoms. The number of nitrogens with one attached hydrogen (secondary N) is 2. The topological polar surface area (TPSA) is 73.4 Å². The van der Waals surface area contributed by atoms with Crippen LogP contribution in [-0.4, -0.2) is 28.8 Å². The Morgan fingerprint density at radius 2 is 2.00 bits per heavy atom. The Labute approximate surface area is 163 Å². The van der Waals surface area contributed by atoms with Gasteiger partial charge in [0, 0.05) is 29.3 Å². The van der Waals surface area contributed by atoms with Crippen molar-refractivity contribution < 1.29 is 9.84 Å². The highest BCUT2D eigenvalue weighted by atomic mass is 16.5. The number of hydrogen-bond acceptors (Lipinski definition) is 3. The van der Waals surface area contributed by atoms with E-state index in [0.29, 0.717) is 0 Å². The first kappa shape index (κ1) is 18.3. The first-order chi connectivity index (χ1) is 13.6. The number of aromatic amines is 2. The molecule has 0 saturated heterocycles. The van der Waals surface area contributed by atoms with E-state index < -0.39 is 0 Å². The quantitative estimate of drug-likeness (QED) is 0.621. The van der Waals surface area contributed by atoms with Crippen LogP contribution in [0.4, 0.5) is 0 Å². The molecule has 3 heterocycles. The summed E-state index contributed by atoms with van der Waals surface area (Å²) in [7, 11) is 1.68. The largest absolute Gasteiger partial charge is 0.494 e. The third-order valence-corrected chi connectivity index (χ3v) is 5.28. The third kappa shape index (κ3) is 3.29. The predicted molar refractivity (Wildman–Crippen MR) is 111 cm³/mol. The summed E-state index contributed by atoms with van der Waals surface area (Å²) in [5.41, 5.74) is 5.59. The monoisotopic (exact) mass is 375 g/mol. The molecule has 2 aromatic heterocycles. The zero-order valence-corrected chi connectivity index (χ0v) is 16.5. The summed E-state index contributed by atoms with van der Waals surface area (Å²) < 4.78 is 5.60. The van der Waals surface area contributed by atoms with Gasteiger partial charge in [0.15, 0.2) is 0 Å². The molecular formula is C23H25N3O2. The summed E-state index contributed by atoms with van der Waals surface area (Å²) in [6.45, 7) is 4.40. The van der Waals surface area contributed by atoms with Crippen molar-refractivity contribution >= 4 is 17.8 Å². The standard InChI is InChI=1S/C23H25N3O2/c1-14-17(8-6-10-27)15(2)24-19(14)12-22-23(28-3)13-21(26-22)20-11-16-7-4-5-9-18(16)25-20/h4-5,7,9,11-13,24,26-27H,6,8,10H2,1-3H3. The highest BCUT2D eigenvalue weighted by Gasteiger charge is 2.11. The van der Waals surface area contributed by atoms with Crippen LogP contribution in [0.5, 0.6) is 5.75 Å². The molecule has 4 rings (SSSR count). The number of benzene rings is 1. The van der Waals surface area contributed by atoms with Crippen molar-refractivity contribution in [1.82, 2.24) is 9.97 Å². The lowest BCUT2D eigenvalue weighted by Gasteiger charge is -2.00. The second-order valence-electron chi connectivity index (χ2n) is 7.10. The highest BCUT2D eigenvalue weighted by molar-refractivity contribution is 5.76. The summed E-state index contributed by atoms with van der Waals surface area (Å²) in [5, 5.41) is 13.1. The first-order valence-corrected chi connectivity index (χ1v) is 9.54. The maximum absolute atomic E-state index is 9.14. The third-order valence-electron chi connectivity index (χ3n) is 5.28. The molecule has 0 atom stereocenters. The van der Waals surface area contributed by atoms with E-state index in [1.165, 1.54) is 11.1 Å². The molecule has 5 heteroatoms. The molecule has 0 amide bonds. The van der Waals surface area contributed by atoms with Crippen LogP contribution in [-0.2, 0) is 6.42 Å². The van der Waals surface area contributed by atoms with Crippen LogP contribution in [0.25, 0.3) is 17.8 Å². The van der Waals surface area contributed by atoms with Crippen molar-refractivity contribution in [1.29, 1.82) is 0 Å². The molecule has 0 aliphatic carbocycles. The summed E-state index contributed by atoms with van der Waals surface area (Å²) in [5.74, 6) is 0.783. The van der Waals surface area contributed by atoms with Crippen LogP contribution < -0.4 is 26.0 Å². The van der Waals surface area contributed by atoms with E-state index >= 15 is 0 Å². The fourth-order valence-corrected chi connectivity index (χ4v) is 3.76. The van der Waals surface area contributed by atoms with Crippen LogP contribution in [0.1, 0.15) is 28.9 Å². The highest BCUT2D eigenvalue weighted by Crippen LogP contribution is 2.20. The fourth-order valence-electron chi connectivity index (χ4n) is 3.76. The summed E-state index contributed by atoms with van der Waals surface area (Å²) in [4.78, 5) is 11.6. The van der Waals surface area contributed by atoms with Crippen molar-refractivity contribution in [3.63, 3.8) is 0 Å². The number of ether oxygens (including phenoxy) is 1. The summed E-state index contributed by atoms with van der Waals surface area (Å²) >= 11 is 0. The van der Waals surface area contributed by atoms with Gasteiger partial charge in [-0.1, -0.05) is 18.2 Å². The number of hydrogen-bond donors (Lipinski definition) is 3. The molecule has 0 radical (unpaired) electrons. The second kappa shape index (κ2) is 7.52. The molecule has 0 fully saturated rings. The Kier molecular flexibility index (Phi) is 4.92. The molecule has 3 aromatic rings. The van der Waals surface area contributed by atoms with Gasteiger partial charge in [0.25, 0.3) is 0 Å². The van der Waals surface area contributed by atoms with E-state index in [2.05, 4.69) is 42.0 Å². The van der Waals surface area contributed by atoms with Crippen LogP contribution in [0.15, 0.2) is 35.3 Å². The van der Waals surface area contributed by atoms with Gasteiger partial charge in [-0.3, -0.25) is 0 Å². The second-order valence-corrected chi connectivity index (χ2v) is 7.10. The first-order valence-electron chi connectivity index (χ1n) is 9.54. The lowest BCUT2D eigenvalue weighted by atomic mass is 10.1. The van der Waals surface area contributed by atoms with Crippen LogP contribution in [0.3, 0.4) is 0 Å². The van der Waals surface area contributed by atoms with E-state index in [9.17, 15) is 0 Å². The van der Waals surface area contributed by atoms with Crippen molar-refractivity contribution in [3.8, 4) is 5.75 Å². The zero-order valence-electron chi connectivity index (χ0n) is 16.5. The number of aliphatic hydroxyl groups excluding tert-OH is 1. The van der Waals surface area contributed by atoms with E-state index in [-0.39, 0.29) is 6.61 Å². The number of rotatable bonds is 5. The van der Waals surface area contributed by atoms with Crippen molar-refractivity contribution in [3.05, 3.63) is 74.1 Å². The normalized spacial score (nSPS) is 15.4. The van der Waals surface area contributed by atoms with Gasteiger partial charge in [-0.15, -0.1) is 0 Å². The molecule has 28 heavy (non-hydrogen) atoms. The lowest BCUT2D eigenvalue weighted by molar-refractivity contribution is 0.288. The van der Waals surface area contributed by atoms with Crippen LogP contribution in [0.2, 0.25) is 0 Å². The minimum atomic E-state index is 0.206. The minimum absolute atomic E-state index is 0.206. The van der Waals surface area contributed by atoms with Gasteiger partial charge in [0.2, 0.25) is 0 Å². The maximum Gasteiger partial charge on any atom is 0.144 e. The summed E-state index contributed by atoms with van der Waals surface area (Å²) in [6.07, 6.45) is 5.80. The average Bonchev–Trinajstić information content (AvgIpc) is 3.37. The van der Waals surface area contributed by atoms with E-state index in [1.807, 2.05) is 24.3 Å². The van der Waals surface area contributed by atoms with Crippen molar-refractivity contribution in [2.75, 3.05) is 13.7 Å². The number of fused-ring (bicyclic) bond motifs is 1. The molecule has 5 nitrogen and oxygen atoms in total. The number of aliphatic hydroxyl groups is 1. The van der Waals surface area contributed by atoms with Crippen molar-refractivity contribution in [2.24, 2.45) is 4.99 Å². The SMILES string of the molecule is COc1cc(=C2C=c3ccccc3=N2)[nH]c1=Cc1[nH]c(C)c(CCCO)c1C. The predicted octanol–water partition coefficient (Wildman–Crippen LogP) is 0.944. The number of aromatic nitrogens is 2. The average molecular weight is 375 g/mol. The molecule has 1 aliphatic heterocycles. The van der Waals surface area contributed by atoms with Gasteiger partial charge in [-0.2, -0.15) is 0 Å². The number of nitrogens with zero attached hydrogens (tertiary/aromatic N) is 1. The Bertz CT molecular complexity index is 1230. The molecule has 144 valence electrons. The Hall–Kier alpha value is -3.05. The zero-order chi connectivity index (χ0) is 19.7. The molecule has 1 aliphatic rings. The van der Waals surface area contributed by atoms with Crippen LogP contribution in [0, 0.1) is 13.8 Å². The lowest BCUT2D eigenvalue weighted by Crippen LogP contribution is -2.19. The summed E-state index contributed by atoms with van der Waals surface area (Å²) in [6, 6.07) is 10.1. The molecule has 3 N–H and O–H groups in total. The van der Waals surface area contributed by atoms with E-state index in [0.717, 1.165) is 57.0 Å². The van der Waals surface area contributed by atoms with Gasteiger partial charge in [0.05, 0.1) is 28.9 Å². The van der Waals surface area contributed by atoms with E-state index in [1.54, 1.807) is 7.11 Å². The molecule has 0 saturated carbocycles. The Balaban J connectivity index is 1.83. The molecule has 0 unspecified atom stereocenters. The van der Waals surface area contributed by atoms with Gasteiger partial charge in [0.1, 0.15) is 5.75 Å². The van der Waals surface area contributed by atoms with Gasteiger partial charge < -0.3 is 19.8 Å². The number of aryl methyl sites for hydroxylation is 1. The number of H-pyrrole nitrogens is 2. The van der Waals surface area contributed by atoms with Crippen molar-refractivity contribution in [2.45, 2.75) is 26.7 Å².